The molecular formula is C14H22N2O3S2. The van der Waals surface area contributed by atoms with E-state index in [0.717, 1.165) is 28.6 Å². The van der Waals surface area contributed by atoms with Crippen molar-refractivity contribution in [3.8, 4) is 0 Å². The second-order valence-electron chi connectivity index (χ2n) is 5.55. The molecule has 1 aliphatic rings. The van der Waals surface area contributed by atoms with E-state index >= 15 is 0 Å². The molecule has 118 valence electrons. The number of hydrogen-bond acceptors (Lipinski definition) is 4. The minimum absolute atomic E-state index is 0.0881. The fraction of sp³-hybridized carbons (Fsp3) is 0.643. The molecule has 1 heterocycles. The summed E-state index contributed by atoms with van der Waals surface area (Å²) in [5.41, 5.74) is 0. The molecule has 0 bridgehead atoms. The standard InChI is InChI=1S/C14H22N2O3S2/c15-21(18,19)14-8-6-12(20-14)9-10-16-13(17)7-5-11-3-1-2-4-11/h6,8,11H,1-5,7,9-10H2,(H,16,17)(H2,15,18,19). The van der Waals surface area contributed by atoms with E-state index in [9.17, 15) is 13.2 Å². The fourth-order valence-corrected chi connectivity index (χ4v) is 4.47. The quantitative estimate of drug-likeness (QED) is 0.801. The lowest BCUT2D eigenvalue weighted by Gasteiger charge is -2.08. The van der Waals surface area contributed by atoms with Crippen LogP contribution in [0, 0.1) is 5.92 Å². The summed E-state index contributed by atoms with van der Waals surface area (Å²) in [5, 5.41) is 7.95. The highest BCUT2D eigenvalue weighted by molar-refractivity contribution is 7.91. The lowest BCUT2D eigenvalue weighted by molar-refractivity contribution is -0.121. The molecule has 1 aromatic rings. The first-order chi connectivity index (χ1) is 9.95. The molecule has 21 heavy (non-hydrogen) atoms. The van der Waals surface area contributed by atoms with Crippen molar-refractivity contribution in [3.05, 3.63) is 17.0 Å². The third-order valence-electron chi connectivity index (χ3n) is 3.87. The normalized spacial score (nSPS) is 16.2. The van der Waals surface area contributed by atoms with E-state index in [0.29, 0.717) is 19.4 Å². The van der Waals surface area contributed by atoms with E-state index in [4.69, 9.17) is 5.14 Å². The molecular weight excluding hydrogens is 308 g/mol. The van der Waals surface area contributed by atoms with Crippen molar-refractivity contribution in [2.75, 3.05) is 6.54 Å². The molecule has 0 saturated heterocycles. The maximum Gasteiger partial charge on any atom is 0.247 e. The highest BCUT2D eigenvalue weighted by atomic mass is 32.2. The zero-order chi connectivity index (χ0) is 15.3. The average Bonchev–Trinajstić information content (AvgIpc) is 3.07. The Labute approximate surface area is 130 Å². The van der Waals surface area contributed by atoms with Crippen molar-refractivity contribution in [2.45, 2.75) is 49.2 Å². The molecule has 5 nitrogen and oxygen atoms in total. The van der Waals surface area contributed by atoms with Gasteiger partial charge in [-0.15, -0.1) is 11.3 Å². The van der Waals surface area contributed by atoms with Crippen LogP contribution in [0.15, 0.2) is 16.3 Å². The maximum absolute atomic E-state index is 11.7. The Hall–Kier alpha value is -0.920. The van der Waals surface area contributed by atoms with Gasteiger partial charge in [0.05, 0.1) is 0 Å². The van der Waals surface area contributed by atoms with Crippen LogP contribution >= 0.6 is 11.3 Å². The third-order valence-corrected chi connectivity index (χ3v) is 6.45. The Kier molecular flexibility index (Phi) is 5.78. The van der Waals surface area contributed by atoms with Gasteiger partial charge < -0.3 is 5.32 Å². The summed E-state index contributed by atoms with van der Waals surface area (Å²) in [6.07, 6.45) is 7.35. The summed E-state index contributed by atoms with van der Waals surface area (Å²) < 4.78 is 22.5. The van der Waals surface area contributed by atoms with E-state index in [1.807, 2.05) is 0 Å². The van der Waals surface area contributed by atoms with Gasteiger partial charge in [-0.2, -0.15) is 0 Å². The molecule has 7 heteroatoms. The van der Waals surface area contributed by atoms with Crippen LogP contribution in [0.3, 0.4) is 0 Å². The predicted octanol–water partition coefficient (Wildman–Crippen LogP) is 2.02. The molecule has 0 unspecified atom stereocenters. The minimum atomic E-state index is -3.61. The fourth-order valence-electron chi connectivity index (χ4n) is 2.69. The molecule has 0 aliphatic heterocycles. The van der Waals surface area contributed by atoms with Crippen LogP contribution in [-0.2, 0) is 21.2 Å². The molecule has 2 rings (SSSR count). The smallest absolute Gasteiger partial charge is 0.247 e. The molecule has 1 amide bonds. The van der Waals surface area contributed by atoms with Crippen molar-refractivity contribution in [1.29, 1.82) is 0 Å². The molecule has 1 fully saturated rings. The number of hydrogen-bond donors (Lipinski definition) is 2. The Bertz CT molecular complexity index is 575. The molecule has 3 N–H and O–H groups in total. The van der Waals surface area contributed by atoms with Crippen molar-refractivity contribution in [1.82, 2.24) is 5.32 Å². The first kappa shape index (κ1) is 16.5. The molecule has 0 spiro atoms. The molecule has 0 atom stereocenters. The Balaban J connectivity index is 1.66. The van der Waals surface area contributed by atoms with Crippen molar-refractivity contribution in [3.63, 3.8) is 0 Å². The second kappa shape index (κ2) is 7.38. The molecule has 1 saturated carbocycles. The summed E-state index contributed by atoms with van der Waals surface area (Å²) in [6.45, 7) is 0.536. The van der Waals surface area contributed by atoms with Crippen LogP contribution in [0.2, 0.25) is 0 Å². The van der Waals surface area contributed by atoms with Gasteiger partial charge in [-0.25, -0.2) is 13.6 Å². The van der Waals surface area contributed by atoms with E-state index in [2.05, 4.69) is 5.32 Å². The molecule has 0 aromatic carbocycles. The van der Waals surface area contributed by atoms with Crippen molar-refractivity contribution < 1.29 is 13.2 Å². The number of rotatable bonds is 7. The third kappa shape index (κ3) is 5.41. The Morgan fingerprint density at radius 1 is 1.33 bits per heavy atom. The highest BCUT2D eigenvalue weighted by Crippen LogP contribution is 2.28. The molecule has 0 radical (unpaired) electrons. The van der Waals surface area contributed by atoms with E-state index in [-0.39, 0.29) is 10.1 Å². The number of thiophene rings is 1. The topological polar surface area (TPSA) is 89.3 Å². The number of primary sulfonamides is 1. The number of carbonyl (C=O) groups is 1. The summed E-state index contributed by atoms with van der Waals surface area (Å²) in [4.78, 5) is 12.6. The SMILES string of the molecule is NS(=O)(=O)c1ccc(CCNC(=O)CCC2CCCC2)s1. The van der Waals surface area contributed by atoms with Crippen LogP contribution in [0.5, 0.6) is 0 Å². The number of sulfonamides is 1. The zero-order valence-electron chi connectivity index (χ0n) is 12.0. The van der Waals surface area contributed by atoms with Gasteiger partial charge in [-0.1, -0.05) is 25.7 Å². The van der Waals surface area contributed by atoms with Gasteiger partial charge in [0.15, 0.2) is 0 Å². The van der Waals surface area contributed by atoms with Crippen LogP contribution in [0.4, 0.5) is 0 Å². The molecule has 1 aliphatic carbocycles. The first-order valence-electron chi connectivity index (χ1n) is 7.33. The van der Waals surface area contributed by atoms with Gasteiger partial charge >= 0.3 is 0 Å². The summed E-state index contributed by atoms with van der Waals surface area (Å²) in [7, 11) is -3.61. The van der Waals surface area contributed by atoms with Crippen LogP contribution in [0.25, 0.3) is 0 Å². The first-order valence-corrected chi connectivity index (χ1v) is 9.69. The number of nitrogens with two attached hydrogens (primary N) is 1. The summed E-state index contributed by atoms with van der Waals surface area (Å²) in [5.74, 6) is 0.815. The van der Waals surface area contributed by atoms with Crippen molar-refractivity contribution in [2.24, 2.45) is 11.1 Å². The van der Waals surface area contributed by atoms with E-state index < -0.39 is 10.0 Å². The van der Waals surface area contributed by atoms with E-state index in [1.54, 1.807) is 6.07 Å². The second-order valence-corrected chi connectivity index (χ2v) is 8.51. The number of amides is 1. The Morgan fingerprint density at radius 3 is 2.67 bits per heavy atom. The highest BCUT2D eigenvalue weighted by Gasteiger charge is 2.16. The van der Waals surface area contributed by atoms with Gasteiger partial charge in [0.25, 0.3) is 0 Å². The van der Waals surface area contributed by atoms with Crippen molar-refractivity contribution >= 4 is 27.3 Å². The molecule has 1 aromatic heterocycles. The van der Waals surface area contributed by atoms with Gasteiger partial charge in [0.1, 0.15) is 4.21 Å². The monoisotopic (exact) mass is 330 g/mol. The van der Waals surface area contributed by atoms with Gasteiger partial charge in [-0.3, -0.25) is 4.79 Å². The minimum Gasteiger partial charge on any atom is -0.356 e. The van der Waals surface area contributed by atoms with Crippen LogP contribution in [-0.4, -0.2) is 20.9 Å². The number of carbonyl (C=O) groups excluding carboxylic acids is 1. The predicted molar refractivity (Wildman–Crippen MR) is 83.6 cm³/mol. The van der Waals surface area contributed by atoms with Crippen LogP contribution in [0.1, 0.15) is 43.4 Å². The zero-order valence-corrected chi connectivity index (χ0v) is 13.6. The summed E-state index contributed by atoms with van der Waals surface area (Å²) in [6, 6.07) is 3.26. The van der Waals surface area contributed by atoms with E-state index in [1.165, 1.54) is 31.7 Å². The van der Waals surface area contributed by atoms with Gasteiger partial charge in [-0.05, 0) is 30.9 Å². The Morgan fingerprint density at radius 2 is 2.05 bits per heavy atom. The van der Waals surface area contributed by atoms with Gasteiger partial charge in [0, 0.05) is 17.8 Å². The average molecular weight is 330 g/mol. The van der Waals surface area contributed by atoms with Crippen LogP contribution < -0.4 is 10.5 Å². The van der Waals surface area contributed by atoms with Gasteiger partial charge in [0.2, 0.25) is 15.9 Å². The lowest BCUT2D eigenvalue weighted by Crippen LogP contribution is -2.25. The number of nitrogens with one attached hydrogen (secondary N) is 1. The largest absolute Gasteiger partial charge is 0.356 e. The maximum atomic E-state index is 11.7. The summed E-state index contributed by atoms with van der Waals surface area (Å²) >= 11 is 1.16. The lowest BCUT2D eigenvalue weighted by atomic mass is 10.0.